The largest absolute Gasteiger partial charge is 0.284 e. The van der Waals surface area contributed by atoms with Crippen molar-refractivity contribution in [3.63, 3.8) is 0 Å². The molecule has 0 atom stereocenters. The second kappa shape index (κ2) is 4.46. The molecule has 0 heterocycles. The summed E-state index contributed by atoms with van der Waals surface area (Å²) in [6.45, 7) is 5.46. The number of hydrogen-bond acceptors (Lipinski definition) is 2. The van der Waals surface area contributed by atoms with E-state index in [1.165, 1.54) is 0 Å². The quantitative estimate of drug-likeness (QED) is 0.829. The molecule has 0 aliphatic rings. The zero-order valence-corrected chi connectivity index (χ0v) is 8.97. The van der Waals surface area contributed by atoms with Crippen LogP contribution in [0.15, 0.2) is 24.3 Å². The van der Waals surface area contributed by atoms with E-state index in [1.54, 1.807) is 12.1 Å². The number of benzene rings is 1. The average Bonchev–Trinajstić information content (AvgIpc) is 2.08. The summed E-state index contributed by atoms with van der Waals surface area (Å²) < 4.78 is 25.1. The monoisotopic (exact) mass is 212 g/mol. The Hall–Kier alpha value is -1.03. The van der Waals surface area contributed by atoms with Crippen LogP contribution in [0.4, 0.5) is 5.69 Å². The van der Waals surface area contributed by atoms with E-state index in [0.717, 1.165) is 5.56 Å². The highest BCUT2D eigenvalue weighted by Gasteiger charge is 2.07. The highest BCUT2D eigenvalue weighted by molar-refractivity contribution is 7.92. The molecule has 0 bridgehead atoms. The minimum absolute atomic E-state index is 0.0564. The second-order valence-electron chi connectivity index (χ2n) is 3.14. The van der Waals surface area contributed by atoms with Gasteiger partial charge in [0.1, 0.15) is 0 Å². The Kier molecular flexibility index (Phi) is 3.52. The predicted molar refractivity (Wildman–Crippen MR) is 58.6 cm³/mol. The molecule has 4 heteroatoms. The highest BCUT2D eigenvalue weighted by atomic mass is 32.2. The van der Waals surface area contributed by atoms with Gasteiger partial charge in [0.15, 0.2) is 0 Å². The summed E-state index contributed by atoms with van der Waals surface area (Å²) in [4.78, 5) is 0. The van der Waals surface area contributed by atoms with Crippen LogP contribution in [-0.4, -0.2) is 14.2 Å². The molecule has 77 valence electrons. The number of aryl methyl sites for hydroxylation is 1. The van der Waals surface area contributed by atoms with Crippen molar-refractivity contribution >= 4 is 15.7 Å². The first-order valence-corrected chi connectivity index (χ1v) is 6.05. The molecule has 0 unspecified atom stereocenters. The molecule has 14 heavy (non-hydrogen) atoms. The van der Waals surface area contributed by atoms with Crippen LogP contribution in [0, 0.1) is 13.8 Å². The Morgan fingerprint density at radius 3 is 2.36 bits per heavy atom. The Labute approximate surface area is 85.2 Å². The lowest BCUT2D eigenvalue weighted by Crippen LogP contribution is -2.15. The lowest BCUT2D eigenvalue weighted by Gasteiger charge is -2.06. The lowest BCUT2D eigenvalue weighted by molar-refractivity contribution is 0.601. The van der Waals surface area contributed by atoms with E-state index < -0.39 is 10.0 Å². The number of rotatable bonds is 4. The van der Waals surface area contributed by atoms with Gasteiger partial charge in [0.2, 0.25) is 10.0 Å². The van der Waals surface area contributed by atoms with Crippen molar-refractivity contribution in [1.82, 2.24) is 0 Å². The summed E-state index contributed by atoms with van der Waals surface area (Å²) in [6, 6.07) is 7.22. The van der Waals surface area contributed by atoms with Crippen molar-refractivity contribution in [3.05, 3.63) is 36.8 Å². The molecule has 0 saturated heterocycles. The van der Waals surface area contributed by atoms with Gasteiger partial charge in [0.25, 0.3) is 0 Å². The molecule has 0 aromatic heterocycles. The van der Waals surface area contributed by atoms with E-state index in [2.05, 4.69) is 11.6 Å². The molecule has 1 N–H and O–H groups in total. The van der Waals surface area contributed by atoms with Gasteiger partial charge in [0.05, 0.1) is 5.75 Å². The van der Waals surface area contributed by atoms with Gasteiger partial charge < -0.3 is 0 Å². The zero-order chi connectivity index (χ0) is 10.6. The summed E-state index contributed by atoms with van der Waals surface area (Å²) in [6.07, 6.45) is 0.376. The van der Waals surface area contributed by atoms with Crippen molar-refractivity contribution in [2.75, 3.05) is 10.5 Å². The molecule has 3 nitrogen and oxygen atoms in total. The summed E-state index contributed by atoms with van der Waals surface area (Å²) in [5.41, 5.74) is 1.70. The maximum absolute atomic E-state index is 11.3. The lowest BCUT2D eigenvalue weighted by atomic mass is 10.2. The minimum Gasteiger partial charge on any atom is -0.284 e. The van der Waals surface area contributed by atoms with Crippen molar-refractivity contribution in [1.29, 1.82) is 0 Å². The fourth-order valence-corrected chi connectivity index (χ4v) is 2.02. The normalized spacial score (nSPS) is 11.3. The van der Waals surface area contributed by atoms with Crippen molar-refractivity contribution < 1.29 is 8.42 Å². The van der Waals surface area contributed by atoms with Crippen LogP contribution in [0.3, 0.4) is 0 Å². The van der Waals surface area contributed by atoms with Crippen LogP contribution < -0.4 is 4.72 Å². The fourth-order valence-electron chi connectivity index (χ4n) is 1.04. The number of anilines is 1. The second-order valence-corrected chi connectivity index (χ2v) is 4.98. The molecule has 0 amide bonds. The molecule has 0 aliphatic carbocycles. The maximum Gasteiger partial charge on any atom is 0.232 e. The fraction of sp³-hybridized carbons (Fsp3) is 0.300. The smallest absolute Gasteiger partial charge is 0.232 e. The third-order valence-corrected chi connectivity index (χ3v) is 3.11. The average molecular weight is 212 g/mol. The summed E-state index contributed by atoms with van der Waals surface area (Å²) in [5.74, 6) is 0.0564. The Balaban J connectivity index is 2.74. The first-order chi connectivity index (χ1) is 6.53. The molecule has 1 radical (unpaired) electrons. The minimum atomic E-state index is -3.21. The van der Waals surface area contributed by atoms with Gasteiger partial charge >= 0.3 is 0 Å². The molecular weight excluding hydrogens is 198 g/mol. The molecule has 0 aliphatic heterocycles. The van der Waals surface area contributed by atoms with Crippen LogP contribution in [0.5, 0.6) is 0 Å². The van der Waals surface area contributed by atoms with Gasteiger partial charge in [-0.2, -0.15) is 0 Å². The van der Waals surface area contributed by atoms with Crippen LogP contribution >= 0.6 is 0 Å². The van der Waals surface area contributed by atoms with Crippen LogP contribution in [0.1, 0.15) is 12.0 Å². The standard InChI is InChI=1S/C10H14NO2S/c1-3-8-14(12,13)11-10-6-4-9(2)5-7-10/h4-7,11H,1,3,8H2,2H3. The topological polar surface area (TPSA) is 46.2 Å². The molecule has 1 aromatic carbocycles. The number of sulfonamides is 1. The highest BCUT2D eigenvalue weighted by Crippen LogP contribution is 2.10. The summed E-state index contributed by atoms with van der Waals surface area (Å²) >= 11 is 0. The summed E-state index contributed by atoms with van der Waals surface area (Å²) in [7, 11) is -3.21. The first kappa shape index (κ1) is 11.0. The van der Waals surface area contributed by atoms with E-state index in [-0.39, 0.29) is 5.75 Å². The number of nitrogens with one attached hydrogen (secondary N) is 1. The summed E-state index contributed by atoms with van der Waals surface area (Å²) in [5, 5.41) is 0. The number of hydrogen-bond donors (Lipinski definition) is 1. The van der Waals surface area contributed by atoms with Gasteiger partial charge in [0, 0.05) is 5.69 Å². The van der Waals surface area contributed by atoms with Crippen LogP contribution in [-0.2, 0) is 10.0 Å². The zero-order valence-electron chi connectivity index (χ0n) is 8.16. The predicted octanol–water partition coefficient (Wildman–Crippen LogP) is 1.96. The van der Waals surface area contributed by atoms with Crippen molar-refractivity contribution in [2.24, 2.45) is 0 Å². The maximum atomic E-state index is 11.3. The molecule has 1 rings (SSSR count). The van der Waals surface area contributed by atoms with Gasteiger partial charge in [-0.25, -0.2) is 8.42 Å². The van der Waals surface area contributed by atoms with E-state index >= 15 is 0 Å². The molecule has 0 saturated carbocycles. The van der Waals surface area contributed by atoms with E-state index in [9.17, 15) is 8.42 Å². The molecular formula is C10H14NO2S. The Morgan fingerprint density at radius 2 is 1.86 bits per heavy atom. The van der Waals surface area contributed by atoms with E-state index in [0.29, 0.717) is 12.1 Å². The van der Waals surface area contributed by atoms with Crippen LogP contribution in [0.25, 0.3) is 0 Å². The first-order valence-electron chi connectivity index (χ1n) is 4.40. The molecule has 1 aromatic rings. The SMILES string of the molecule is [CH2]CCS(=O)(=O)Nc1ccc(C)cc1. The van der Waals surface area contributed by atoms with Crippen molar-refractivity contribution in [2.45, 2.75) is 13.3 Å². The van der Waals surface area contributed by atoms with Gasteiger partial charge in [-0.05, 0) is 25.5 Å². The van der Waals surface area contributed by atoms with Crippen LogP contribution in [0.2, 0.25) is 0 Å². The third-order valence-electron chi connectivity index (χ3n) is 1.74. The van der Waals surface area contributed by atoms with E-state index in [1.807, 2.05) is 19.1 Å². The van der Waals surface area contributed by atoms with Gasteiger partial charge in [-0.3, -0.25) is 4.72 Å². The van der Waals surface area contributed by atoms with Gasteiger partial charge in [-0.15, -0.1) is 0 Å². The Morgan fingerprint density at radius 1 is 1.29 bits per heavy atom. The van der Waals surface area contributed by atoms with E-state index in [4.69, 9.17) is 0 Å². The molecule has 0 fully saturated rings. The van der Waals surface area contributed by atoms with Crippen molar-refractivity contribution in [3.8, 4) is 0 Å². The third kappa shape index (κ3) is 3.38. The Bertz CT molecular complexity index is 381. The molecule has 0 spiro atoms. The van der Waals surface area contributed by atoms with Gasteiger partial charge in [-0.1, -0.05) is 24.6 Å².